The average molecular weight is 375 g/mol. The lowest BCUT2D eigenvalue weighted by Crippen LogP contribution is -2.26. The molecule has 0 bridgehead atoms. The van der Waals surface area contributed by atoms with Gasteiger partial charge < -0.3 is 15.0 Å². The number of ether oxygens (including phenoxy) is 1. The number of methoxy groups -OCH3 is 1. The van der Waals surface area contributed by atoms with Gasteiger partial charge >= 0.3 is 0 Å². The van der Waals surface area contributed by atoms with Crippen LogP contribution in [0, 0.1) is 31.1 Å². The van der Waals surface area contributed by atoms with Crippen LogP contribution in [0.5, 0.6) is 5.75 Å². The summed E-state index contributed by atoms with van der Waals surface area (Å²) in [5, 5.41) is 13.1. The Morgan fingerprint density at radius 1 is 1.25 bits per heavy atom. The van der Waals surface area contributed by atoms with Crippen molar-refractivity contribution in [2.45, 2.75) is 20.3 Å². The van der Waals surface area contributed by atoms with Crippen molar-refractivity contribution in [1.82, 2.24) is 4.98 Å². The summed E-state index contributed by atoms with van der Waals surface area (Å²) in [4.78, 5) is 27.9. The second kappa shape index (κ2) is 7.97. The molecule has 2 N–H and O–H groups in total. The normalized spacial score (nSPS) is 11.6. The van der Waals surface area contributed by atoms with Gasteiger partial charge in [0, 0.05) is 22.9 Å². The number of nitriles is 1. The van der Waals surface area contributed by atoms with E-state index in [4.69, 9.17) is 4.74 Å². The maximum Gasteiger partial charge on any atom is 0.251 e. The van der Waals surface area contributed by atoms with Crippen molar-refractivity contribution >= 4 is 22.5 Å². The summed E-state index contributed by atoms with van der Waals surface area (Å²) in [5.74, 6) is -0.983. The molecule has 0 spiro atoms. The molecule has 1 amide bonds. The quantitative estimate of drug-likeness (QED) is 0.714. The number of carbonyl (C=O) groups excluding carboxylic acids is 1. The first-order valence-corrected chi connectivity index (χ1v) is 8.89. The van der Waals surface area contributed by atoms with Crippen LogP contribution in [0.4, 0.5) is 5.69 Å². The van der Waals surface area contributed by atoms with Crippen molar-refractivity contribution < 1.29 is 9.53 Å². The molecule has 1 unspecified atom stereocenters. The number of anilines is 1. The minimum absolute atomic E-state index is 0.0239. The predicted molar refractivity (Wildman–Crippen MR) is 108 cm³/mol. The number of H-pyrrole nitrogens is 1. The summed E-state index contributed by atoms with van der Waals surface area (Å²) < 4.78 is 5.22. The molecule has 6 heteroatoms. The van der Waals surface area contributed by atoms with Crippen LogP contribution in [-0.2, 0) is 11.2 Å². The Balaban J connectivity index is 1.88. The number of aromatic nitrogens is 1. The van der Waals surface area contributed by atoms with E-state index in [-0.39, 0.29) is 12.0 Å². The molecule has 0 saturated carbocycles. The molecule has 0 aliphatic carbocycles. The molecular formula is C22H21N3O3. The highest BCUT2D eigenvalue weighted by Gasteiger charge is 2.21. The highest BCUT2D eigenvalue weighted by atomic mass is 16.5. The van der Waals surface area contributed by atoms with Gasteiger partial charge in [-0.3, -0.25) is 9.59 Å². The van der Waals surface area contributed by atoms with Crippen molar-refractivity contribution in [2.24, 2.45) is 5.92 Å². The number of rotatable bonds is 5. The zero-order chi connectivity index (χ0) is 20.3. The Labute approximate surface area is 162 Å². The molecule has 0 fully saturated rings. The van der Waals surface area contributed by atoms with Gasteiger partial charge in [0.05, 0.1) is 18.9 Å². The Bertz CT molecular complexity index is 1140. The van der Waals surface area contributed by atoms with Crippen molar-refractivity contribution in [1.29, 1.82) is 5.26 Å². The average Bonchev–Trinajstić information content (AvgIpc) is 2.66. The minimum atomic E-state index is -1.01. The zero-order valence-electron chi connectivity index (χ0n) is 16.0. The van der Waals surface area contributed by atoms with Crippen molar-refractivity contribution in [3.8, 4) is 11.8 Å². The summed E-state index contributed by atoms with van der Waals surface area (Å²) in [6.45, 7) is 3.93. The van der Waals surface area contributed by atoms with Crippen molar-refractivity contribution in [2.75, 3.05) is 12.4 Å². The molecule has 0 aliphatic rings. The van der Waals surface area contributed by atoms with E-state index in [1.165, 1.54) is 7.11 Å². The van der Waals surface area contributed by atoms with Crippen LogP contribution in [0.1, 0.15) is 16.7 Å². The van der Waals surface area contributed by atoms with Crippen LogP contribution < -0.4 is 15.6 Å². The third-order valence-electron chi connectivity index (χ3n) is 4.65. The number of amides is 1. The predicted octanol–water partition coefficient (Wildman–Crippen LogP) is 3.47. The Kier molecular flexibility index (Phi) is 5.46. The Hall–Kier alpha value is -3.59. The first kappa shape index (κ1) is 19.2. The number of fused-ring (bicyclic) bond motifs is 1. The van der Waals surface area contributed by atoms with Crippen LogP contribution in [-0.4, -0.2) is 18.0 Å². The van der Waals surface area contributed by atoms with Crippen molar-refractivity contribution in [3.63, 3.8) is 0 Å². The number of pyridine rings is 1. The van der Waals surface area contributed by atoms with E-state index in [1.807, 2.05) is 32.0 Å². The van der Waals surface area contributed by atoms with E-state index in [1.54, 1.807) is 30.3 Å². The fourth-order valence-electron chi connectivity index (χ4n) is 3.25. The number of para-hydroxylation sites is 2. The van der Waals surface area contributed by atoms with Gasteiger partial charge in [-0.05, 0) is 49.2 Å². The van der Waals surface area contributed by atoms with Crippen LogP contribution in [0.15, 0.2) is 47.3 Å². The third kappa shape index (κ3) is 3.89. The SMILES string of the molecule is COc1ccccc1NC(=O)C(C#N)Cc1cc2c(C)cc(C)cc2[nH]c1=O. The Morgan fingerprint density at radius 2 is 2.00 bits per heavy atom. The largest absolute Gasteiger partial charge is 0.495 e. The third-order valence-corrected chi connectivity index (χ3v) is 4.65. The molecule has 1 aromatic heterocycles. The van der Waals surface area contributed by atoms with Gasteiger partial charge in [-0.2, -0.15) is 5.26 Å². The number of aromatic amines is 1. The van der Waals surface area contributed by atoms with Crippen LogP contribution in [0.2, 0.25) is 0 Å². The summed E-state index contributed by atoms with van der Waals surface area (Å²) in [7, 11) is 1.51. The van der Waals surface area contributed by atoms with E-state index in [9.17, 15) is 14.9 Å². The molecule has 6 nitrogen and oxygen atoms in total. The molecule has 0 saturated heterocycles. The van der Waals surface area contributed by atoms with E-state index < -0.39 is 11.8 Å². The highest BCUT2D eigenvalue weighted by molar-refractivity contribution is 5.95. The van der Waals surface area contributed by atoms with E-state index in [0.29, 0.717) is 17.0 Å². The zero-order valence-corrected chi connectivity index (χ0v) is 16.0. The number of aryl methyl sites for hydroxylation is 2. The smallest absolute Gasteiger partial charge is 0.251 e. The fraction of sp³-hybridized carbons (Fsp3) is 0.227. The van der Waals surface area contributed by atoms with Gasteiger partial charge in [0.15, 0.2) is 0 Å². The first-order valence-electron chi connectivity index (χ1n) is 8.89. The molecule has 0 aliphatic heterocycles. The van der Waals surface area contributed by atoms with Gasteiger partial charge in [-0.25, -0.2) is 0 Å². The summed E-state index contributed by atoms with van der Waals surface area (Å²) in [6, 6.07) is 14.7. The summed E-state index contributed by atoms with van der Waals surface area (Å²) in [5.41, 5.74) is 3.43. The van der Waals surface area contributed by atoms with Gasteiger partial charge in [0.2, 0.25) is 5.91 Å². The summed E-state index contributed by atoms with van der Waals surface area (Å²) >= 11 is 0. The second-order valence-corrected chi connectivity index (χ2v) is 6.74. The monoisotopic (exact) mass is 375 g/mol. The molecule has 3 rings (SSSR count). The molecule has 0 radical (unpaired) electrons. The Morgan fingerprint density at radius 3 is 2.71 bits per heavy atom. The van der Waals surface area contributed by atoms with E-state index in [0.717, 1.165) is 22.0 Å². The standard InChI is InChI=1S/C22H21N3O3/c1-13-8-14(2)17-11-15(21(26)25-19(17)9-13)10-16(12-23)22(27)24-18-6-4-5-7-20(18)28-3/h4-9,11,16H,10H2,1-3H3,(H,24,27)(H,25,26). The molecule has 2 aromatic carbocycles. The lowest BCUT2D eigenvalue weighted by atomic mass is 9.97. The molecule has 28 heavy (non-hydrogen) atoms. The molecule has 3 aromatic rings. The van der Waals surface area contributed by atoms with Gasteiger partial charge in [0.1, 0.15) is 11.7 Å². The van der Waals surface area contributed by atoms with E-state index in [2.05, 4.69) is 10.3 Å². The molecule has 142 valence electrons. The lowest BCUT2D eigenvalue weighted by Gasteiger charge is -2.13. The minimum Gasteiger partial charge on any atom is -0.495 e. The number of nitrogens with zero attached hydrogens (tertiary/aromatic N) is 1. The number of nitrogens with one attached hydrogen (secondary N) is 2. The van der Waals surface area contributed by atoms with Crippen LogP contribution in [0.3, 0.4) is 0 Å². The molecular weight excluding hydrogens is 354 g/mol. The number of benzene rings is 2. The topological polar surface area (TPSA) is 95.0 Å². The second-order valence-electron chi connectivity index (χ2n) is 6.74. The van der Waals surface area contributed by atoms with Crippen LogP contribution in [0.25, 0.3) is 10.9 Å². The van der Waals surface area contributed by atoms with Gasteiger partial charge in [-0.15, -0.1) is 0 Å². The number of carbonyl (C=O) groups is 1. The van der Waals surface area contributed by atoms with E-state index >= 15 is 0 Å². The summed E-state index contributed by atoms with van der Waals surface area (Å²) in [6.07, 6.45) is 0.0239. The first-order chi connectivity index (χ1) is 13.4. The van der Waals surface area contributed by atoms with Crippen molar-refractivity contribution in [3.05, 3.63) is 69.5 Å². The number of hydrogen-bond acceptors (Lipinski definition) is 4. The maximum absolute atomic E-state index is 12.6. The van der Waals surface area contributed by atoms with Gasteiger partial charge in [0.25, 0.3) is 5.56 Å². The maximum atomic E-state index is 12.6. The molecule has 1 heterocycles. The number of hydrogen-bond donors (Lipinski definition) is 2. The highest BCUT2D eigenvalue weighted by Crippen LogP contribution is 2.24. The lowest BCUT2D eigenvalue weighted by molar-refractivity contribution is -0.118. The molecule has 1 atom stereocenters. The van der Waals surface area contributed by atoms with Crippen LogP contribution >= 0.6 is 0 Å². The van der Waals surface area contributed by atoms with Gasteiger partial charge in [-0.1, -0.05) is 18.2 Å². The fourth-order valence-corrected chi connectivity index (χ4v) is 3.25.